The molecule has 0 aromatic carbocycles. The number of rotatable bonds is 7. The van der Waals surface area contributed by atoms with Gasteiger partial charge in [-0.2, -0.15) is 13.2 Å². The van der Waals surface area contributed by atoms with Crippen LogP contribution < -0.4 is 10.2 Å². The number of likely N-dealkylation sites (tertiary alicyclic amines) is 1. The molecule has 0 radical (unpaired) electrons. The maximum Gasteiger partial charge on any atom is 0.401 e. The molecule has 1 unspecified atom stereocenters. The fourth-order valence-electron chi connectivity index (χ4n) is 2.88. The lowest BCUT2D eigenvalue weighted by Crippen LogP contribution is -2.33. The second-order valence-electron chi connectivity index (χ2n) is 6.02. The summed E-state index contributed by atoms with van der Waals surface area (Å²) in [6, 6.07) is 0. The lowest BCUT2D eigenvalue weighted by molar-refractivity contribution is -0.143. The molecule has 9 heteroatoms. The molecule has 2 rings (SSSR count). The summed E-state index contributed by atoms with van der Waals surface area (Å²) in [6.45, 7) is 5.36. The number of amides is 1. The van der Waals surface area contributed by atoms with E-state index in [0.717, 1.165) is 12.1 Å². The van der Waals surface area contributed by atoms with Crippen LogP contribution in [-0.2, 0) is 11.3 Å². The van der Waals surface area contributed by atoms with E-state index in [2.05, 4.69) is 10.3 Å². The van der Waals surface area contributed by atoms with Crippen LogP contribution in [0.1, 0.15) is 26.0 Å². The molecule has 1 N–H and O–H groups in total. The Hall–Kier alpha value is -1.19. The van der Waals surface area contributed by atoms with Crippen molar-refractivity contribution in [3.8, 4) is 0 Å². The highest BCUT2D eigenvalue weighted by Crippen LogP contribution is 2.23. The summed E-state index contributed by atoms with van der Waals surface area (Å²) in [5.41, 5.74) is 0.847. The highest BCUT2D eigenvalue weighted by atomic mass is 32.1. The standard InChI is InChI=1S/C15H23F3N4OS/c1-3-22(11(2)23)14-20-13(9-24-14)7-19-6-12-4-5-21(8-12)10-15(16,17)18/h9,12,19H,3-8,10H2,1-2H3. The maximum absolute atomic E-state index is 12.4. The van der Waals surface area contributed by atoms with Crippen molar-refractivity contribution in [3.05, 3.63) is 11.1 Å². The van der Waals surface area contributed by atoms with Gasteiger partial charge in [0.05, 0.1) is 12.2 Å². The first-order chi connectivity index (χ1) is 11.3. The van der Waals surface area contributed by atoms with Crippen molar-refractivity contribution < 1.29 is 18.0 Å². The molecule has 1 atom stereocenters. The quantitative estimate of drug-likeness (QED) is 0.808. The summed E-state index contributed by atoms with van der Waals surface area (Å²) in [6.07, 6.45) is -3.35. The average molecular weight is 364 g/mol. The van der Waals surface area contributed by atoms with Gasteiger partial charge in [0.15, 0.2) is 5.13 Å². The number of nitrogens with one attached hydrogen (secondary N) is 1. The van der Waals surface area contributed by atoms with Gasteiger partial charge in [0, 0.05) is 31.9 Å². The number of carbonyl (C=O) groups excluding carboxylic acids is 1. The van der Waals surface area contributed by atoms with Gasteiger partial charge in [-0.25, -0.2) is 4.98 Å². The van der Waals surface area contributed by atoms with Gasteiger partial charge in [-0.15, -0.1) is 11.3 Å². The Morgan fingerprint density at radius 2 is 2.29 bits per heavy atom. The minimum Gasteiger partial charge on any atom is -0.311 e. The minimum absolute atomic E-state index is 0.0397. The summed E-state index contributed by atoms with van der Waals surface area (Å²) in [5, 5.41) is 5.84. The van der Waals surface area contributed by atoms with E-state index in [0.29, 0.717) is 37.9 Å². The van der Waals surface area contributed by atoms with Gasteiger partial charge in [0.2, 0.25) is 5.91 Å². The lowest BCUT2D eigenvalue weighted by atomic mass is 10.1. The van der Waals surface area contributed by atoms with E-state index in [4.69, 9.17) is 0 Å². The first-order valence-electron chi connectivity index (χ1n) is 8.00. The molecule has 1 saturated heterocycles. The largest absolute Gasteiger partial charge is 0.401 e. The van der Waals surface area contributed by atoms with Crippen LogP contribution in [0.2, 0.25) is 0 Å². The van der Waals surface area contributed by atoms with Crippen LogP contribution >= 0.6 is 11.3 Å². The second kappa shape index (κ2) is 8.26. The molecule has 2 heterocycles. The highest BCUT2D eigenvalue weighted by Gasteiger charge is 2.34. The van der Waals surface area contributed by atoms with Crippen molar-refractivity contribution in [2.75, 3.05) is 37.6 Å². The third kappa shape index (κ3) is 5.71. The van der Waals surface area contributed by atoms with Gasteiger partial charge >= 0.3 is 6.18 Å². The van der Waals surface area contributed by atoms with E-state index in [-0.39, 0.29) is 11.8 Å². The third-order valence-electron chi connectivity index (χ3n) is 3.98. The van der Waals surface area contributed by atoms with Crippen LogP contribution in [0.15, 0.2) is 5.38 Å². The molecule has 5 nitrogen and oxygen atoms in total. The molecule has 0 saturated carbocycles. The normalized spacial score (nSPS) is 19.0. The van der Waals surface area contributed by atoms with E-state index < -0.39 is 12.7 Å². The molecule has 24 heavy (non-hydrogen) atoms. The summed E-state index contributed by atoms with van der Waals surface area (Å²) in [5.74, 6) is 0.192. The number of aromatic nitrogens is 1. The van der Waals surface area contributed by atoms with Crippen molar-refractivity contribution >= 4 is 22.4 Å². The van der Waals surface area contributed by atoms with Crippen molar-refractivity contribution in [2.24, 2.45) is 5.92 Å². The van der Waals surface area contributed by atoms with E-state index in [1.165, 1.54) is 23.2 Å². The number of anilines is 1. The maximum atomic E-state index is 12.4. The zero-order chi connectivity index (χ0) is 17.7. The van der Waals surface area contributed by atoms with E-state index in [1.807, 2.05) is 12.3 Å². The molecule has 0 aliphatic carbocycles. The van der Waals surface area contributed by atoms with Crippen LogP contribution in [0.4, 0.5) is 18.3 Å². The smallest absolute Gasteiger partial charge is 0.311 e. The van der Waals surface area contributed by atoms with Gasteiger partial charge in [0.25, 0.3) is 0 Å². The van der Waals surface area contributed by atoms with Gasteiger partial charge in [-0.1, -0.05) is 0 Å². The lowest BCUT2D eigenvalue weighted by Gasteiger charge is -2.17. The minimum atomic E-state index is -4.12. The van der Waals surface area contributed by atoms with Crippen LogP contribution in [0, 0.1) is 5.92 Å². The van der Waals surface area contributed by atoms with Gasteiger partial charge < -0.3 is 5.32 Å². The van der Waals surface area contributed by atoms with Gasteiger partial charge in [-0.05, 0) is 32.4 Å². The fourth-order valence-corrected chi connectivity index (χ4v) is 3.81. The Morgan fingerprint density at radius 1 is 1.54 bits per heavy atom. The molecule has 1 aromatic heterocycles. The van der Waals surface area contributed by atoms with Crippen molar-refractivity contribution in [3.63, 3.8) is 0 Å². The summed E-state index contributed by atoms with van der Waals surface area (Å²) in [7, 11) is 0. The van der Waals surface area contributed by atoms with E-state index in [1.54, 1.807) is 4.90 Å². The van der Waals surface area contributed by atoms with E-state index in [9.17, 15) is 18.0 Å². The summed E-state index contributed by atoms with van der Waals surface area (Å²) >= 11 is 1.42. The Bertz CT molecular complexity index is 549. The molecular weight excluding hydrogens is 341 g/mol. The predicted molar refractivity (Wildman–Crippen MR) is 88.1 cm³/mol. The number of carbonyl (C=O) groups is 1. The van der Waals surface area contributed by atoms with Gasteiger partial charge in [-0.3, -0.25) is 14.6 Å². The van der Waals surface area contributed by atoms with Crippen LogP contribution in [0.5, 0.6) is 0 Å². The number of nitrogens with zero attached hydrogens (tertiary/aromatic N) is 3. The SMILES string of the molecule is CCN(C(C)=O)c1nc(CNCC2CCN(CC(F)(F)F)C2)cs1. The zero-order valence-corrected chi connectivity index (χ0v) is 14.7. The third-order valence-corrected chi connectivity index (χ3v) is 4.89. The Kier molecular flexibility index (Phi) is 6.59. The highest BCUT2D eigenvalue weighted by molar-refractivity contribution is 7.14. The van der Waals surface area contributed by atoms with Gasteiger partial charge in [0.1, 0.15) is 0 Å². The van der Waals surface area contributed by atoms with Crippen molar-refractivity contribution in [1.29, 1.82) is 0 Å². The Morgan fingerprint density at radius 3 is 2.92 bits per heavy atom. The number of halogens is 3. The Labute approximate surface area is 143 Å². The molecule has 1 amide bonds. The summed E-state index contributed by atoms with van der Waals surface area (Å²) in [4.78, 5) is 19.0. The monoisotopic (exact) mass is 364 g/mol. The number of thiazole rings is 1. The van der Waals surface area contributed by atoms with E-state index >= 15 is 0 Å². The number of alkyl halides is 3. The van der Waals surface area contributed by atoms with Crippen molar-refractivity contribution in [1.82, 2.24) is 15.2 Å². The number of hydrogen-bond donors (Lipinski definition) is 1. The molecule has 1 aliphatic rings. The molecule has 136 valence electrons. The van der Waals surface area contributed by atoms with Crippen LogP contribution in [-0.4, -0.2) is 54.7 Å². The topological polar surface area (TPSA) is 48.5 Å². The van der Waals surface area contributed by atoms with Crippen molar-refractivity contribution in [2.45, 2.75) is 33.0 Å². The zero-order valence-electron chi connectivity index (χ0n) is 13.9. The molecular formula is C15H23F3N4OS. The van der Waals surface area contributed by atoms with Crippen LogP contribution in [0.3, 0.4) is 0 Å². The molecule has 1 aliphatic heterocycles. The predicted octanol–water partition coefficient (Wildman–Crippen LogP) is 2.49. The molecule has 1 aromatic rings. The second-order valence-corrected chi connectivity index (χ2v) is 6.86. The molecule has 0 bridgehead atoms. The average Bonchev–Trinajstić information content (AvgIpc) is 3.08. The molecule has 1 fully saturated rings. The fraction of sp³-hybridized carbons (Fsp3) is 0.733. The first-order valence-corrected chi connectivity index (χ1v) is 8.88. The van der Waals surface area contributed by atoms with Crippen LogP contribution in [0.25, 0.3) is 0 Å². The molecule has 0 spiro atoms. The Balaban J connectivity index is 1.73. The first kappa shape index (κ1) is 19.1. The number of hydrogen-bond acceptors (Lipinski definition) is 5. The summed E-state index contributed by atoms with van der Waals surface area (Å²) < 4.78 is 37.1.